The first-order valence-electron chi connectivity index (χ1n) is 4.90. The molecule has 1 aromatic rings. The van der Waals surface area contributed by atoms with Gasteiger partial charge in [-0.2, -0.15) is 0 Å². The average molecular weight is 222 g/mol. The fourth-order valence-corrected chi connectivity index (χ4v) is 1.46. The van der Waals surface area contributed by atoms with E-state index in [2.05, 4.69) is 6.58 Å². The number of hydrogen-bond donors (Lipinski definition) is 2. The second-order valence-corrected chi connectivity index (χ2v) is 3.47. The number of nitrogens with two attached hydrogens (primary N) is 1. The molecule has 1 atom stereocenters. The average Bonchev–Trinajstić information content (AvgIpc) is 2.25. The highest BCUT2D eigenvalue weighted by Crippen LogP contribution is 2.29. The number of rotatable bonds is 5. The molecule has 0 aliphatic heterocycles. The van der Waals surface area contributed by atoms with Crippen LogP contribution in [0.2, 0.25) is 0 Å². The second-order valence-electron chi connectivity index (χ2n) is 3.47. The van der Waals surface area contributed by atoms with Crippen molar-refractivity contribution < 1.29 is 10.0 Å². The van der Waals surface area contributed by atoms with Gasteiger partial charge in [0.25, 0.3) is 5.69 Å². The van der Waals surface area contributed by atoms with Gasteiger partial charge in [0.1, 0.15) is 5.75 Å². The first kappa shape index (κ1) is 12.2. The van der Waals surface area contributed by atoms with Crippen LogP contribution in [0, 0.1) is 10.1 Å². The molecule has 0 saturated carbocycles. The van der Waals surface area contributed by atoms with Gasteiger partial charge < -0.3 is 10.8 Å². The SMILES string of the molecule is C=CCC[C@@H](N)c1cc(O)ccc1[N+](=O)[O-]. The number of aromatic hydroxyl groups is 1. The van der Waals surface area contributed by atoms with Crippen molar-refractivity contribution in [3.8, 4) is 5.75 Å². The molecule has 0 radical (unpaired) electrons. The summed E-state index contributed by atoms with van der Waals surface area (Å²) >= 11 is 0. The fourth-order valence-electron chi connectivity index (χ4n) is 1.46. The molecule has 16 heavy (non-hydrogen) atoms. The summed E-state index contributed by atoms with van der Waals surface area (Å²) in [5.41, 5.74) is 6.12. The standard InChI is InChI=1S/C11H14N2O3/c1-2-3-4-10(12)9-7-8(14)5-6-11(9)13(15)16/h2,5-7,10,14H,1,3-4,12H2/t10-/m1/s1. The van der Waals surface area contributed by atoms with Crippen LogP contribution < -0.4 is 5.73 Å². The predicted octanol–water partition coefficient (Wildman–Crippen LogP) is 2.27. The molecule has 0 saturated heterocycles. The van der Waals surface area contributed by atoms with Crippen molar-refractivity contribution in [1.29, 1.82) is 0 Å². The molecule has 0 heterocycles. The minimum atomic E-state index is -0.497. The van der Waals surface area contributed by atoms with Crippen molar-refractivity contribution in [2.75, 3.05) is 0 Å². The molecule has 0 aliphatic carbocycles. The van der Waals surface area contributed by atoms with Gasteiger partial charge in [0.15, 0.2) is 0 Å². The number of nitrogens with zero attached hydrogens (tertiary/aromatic N) is 1. The Labute approximate surface area is 93.4 Å². The van der Waals surface area contributed by atoms with Gasteiger partial charge in [-0.1, -0.05) is 6.08 Å². The van der Waals surface area contributed by atoms with E-state index in [1.54, 1.807) is 6.08 Å². The lowest BCUT2D eigenvalue weighted by Crippen LogP contribution is -2.12. The number of phenolic OH excluding ortho intramolecular Hbond substituents is 1. The molecular weight excluding hydrogens is 208 g/mol. The third kappa shape index (κ3) is 2.80. The maximum atomic E-state index is 10.8. The van der Waals surface area contributed by atoms with Gasteiger partial charge in [-0.25, -0.2) is 0 Å². The lowest BCUT2D eigenvalue weighted by molar-refractivity contribution is -0.385. The van der Waals surface area contributed by atoms with E-state index >= 15 is 0 Å². The van der Waals surface area contributed by atoms with E-state index < -0.39 is 11.0 Å². The van der Waals surface area contributed by atoms with Crippen molar-refractivity contribution in [3.05, 3.63) is 46.5 Å². The Morgan fingerprint density at radius 2 is 2.31 bits per heavy atom. The van der Waals surface area contributed by atoms with Gasteiger partial charge in [0.2, 0.25) is 0 Å². The normalized spacial score (nSPS) is 12.1. The van der Waals surface area contributed by atoms with Crippen LogP contribution in [-0.2, 0) is 0 Å². The summed E-state index contributed by atoms with van der Waals surface area (Å²) < 4.78 is 0. The Morgan fingerprint density at radius 1 is 1.62 bits per heavy atom. The Balaban J connectivity index is 3.03. The molecule has 0 amide bonds. The highest BCUT2D eigenvalue weighted by molar-refractivity contribution is 5.46. The molecule has 1 aromatic carbocycles. The van der Waals surface area contributed by atoms with Gasteiger partial charge in [-0.05, 0) is 25.0 Å². The third-order valence-corrected chi connectivity index (χ3v) is 2.29. The number of nitro benzene ring substituents is 1. The minimum absolute atomic E-state index is 0.0188. The van der Waals surface area contributed by atoms with Crippen LogP contribution in [0.15, 0.2) is 30.9 Å². The summed E-state index contributed by atoms with van der Waals surface area (Å²) in [6, 6.07) is 3.41. The Bertz CT molecular complexity index is 404. The summed E-state index contributed by atoms with van der Waals surface area (Å²) in [6.07, 6.45) is 2.94. The summed E-state index contributed by atoms with van der Waals surface area (Å²) in [7, 11) is 0. The van der Waals surface area contributed by atoms with E-state index in [1.165, 1.54) is 18.2 Å². The molecule has 0 unspecified atom stereocenters. The fraction of sp³-hybridized carbons (Fsp3) is 0.273. The maximum Gasteiger partial charge on any atom is 0.274 e. The molecule has 0 aliphatic rings. The summed E-state index contributed by atoms with van der Waals surface area (Å²) in [4.78, 5) is 10.3. The van der Waals surface area contributed by atoms with Crippen LogP contribution in [0.3, 0.4) is 0 Å². The Hall–Kier alpha value is -1.88. The number of allylic oxidation sites excluding steroid dienone is 1. The third-order valence-electron chi connectivity index (χ3n) is 2.29. The topological polar surface area (TPSA) is 89.4 Å². The molecule has 0 spiro atoms. The van der Waals surface area contributed by atoms with Crippen LogP contribution in [0.4, 0.5) is 5.69 Å². The lowest BCUT2D eigenvalue weighted by Gasteiger charge is -2.11. The second kappa shape index (κ2) is 5.27. The number of phenols is 1. The minimum Gasteiger partial charge on any atom is -0.508 e. The molecule has 5 heteroatoms. The quantitative estimate of drug-likeness (QED) is 0.454. The van der Waals surface area contributed by atoms with Crippen LogP contribution in [-0.4, -0.2) is 10.0 Å². The van der Waals surface area contributed by atoms with E-state index in [4.69, 9.17) is 5.73 Å². The number of nitro groups is 1. The summed E-state index contributed by atoms with van der Waals surface area (Å²) in [5, 5.41) is 20.1. The van der Waals surface area contributed by atoms with Crippen molar-refractivity contribution in [2.24, 2.45) is 5.73 Å². The zero-order chi connectivity index (χ0) is 12.1. The van der Waals surface area contributed by atoms with Crippen molar-refractivity contribution in [3.63, 3.8) is 0 Å². The van der Waals surface area contributed by atoms with Gasteiger partial charge in [-0.3, -0.25) is 10.1 Å². The van der Waals surface area contributed by atoms with Gasteiger partial charge in [0.05, 0.1) is 10.5 Å². The van der Waals surface area contributed by atoms with E-state index in [1.807, 2.05) is 0 Å². The number of hydrogen-bond acceptors (Lipinski definition) is 4. The van der Waals surface area contributed by atoms with Crippen LogP contribution in [0.25, 0.3) is 0 Å². The molecule has 3 N–H and O–H groups in total. The van der Waals surface area contributed by atoms with E-state index in [9.17, 15) is 15.2 Å². The van der Waals surface area contributed by atoms with Crippen molar-refractivity contribution in [2.45, 2.75) is 18.9 Å². The summed E-state index contributed by atoms with van der Waals surface area (Å²) in [5.74, 6) is -0.0188. The molecular formula is C11H14N2O3. The van der Waals surface area contributed by atoms with Crippen LogP contribution in [0.5, 0.6) is 5.75 Å². The van der Waals surface area contributed by atoms with Crippen LogP contribution in [0.1, 0.15) is 24.4 Å². The molecule has 5 nitrogen and oxygen atoms in total. The zero-order valence-corrected chi connectivity index (χ0v) is 8.80. The zero-order valence-electron chi connectivity index (χ0n) is 8.80. The first-order valence-corrected chi connectivity index (χ1v) is 4.90. The van der Waals surface area contributed by atoms with Crippen molar-refractivity contribution >= 4 is 5.69 Å². The predicted molar refractivity (Wildman–Crippen MR) is 61.1 cm³/mol. The molecule has 1 rings (SSSR count). The van der Waals surface area contributed by atoms with Gasteiger partial charge in [-0.15, -0.1) is 6.58 Å². The van der Waals surface area contributed by atoms with Crippen molar-refractivity contribution in [1.82, 2.24) is 0 Å². The Morgan fingerprint density at radius 3 is 2.88 bits per heavy atom. The Kier molecular flexibility index (Phi) is 4.02. The van der Waals surface area contributed by atoms with E-state index in [0.717, 1.165) is 0 Å². The molecule has 0 bridgehead atoms. The smallest absolute Gasteiger partial charge is 0.274 e. The summed E-state index contributed by atoms with van der Waals surface area (Å²) in [6.45, 7) is 3.56. The monoisotopic (exact) mass is 222 g/mol. The van der Waals surface area contributed by atoms with E-state index in [0.29, 0.717) is 18.4 Å². The maximum absolute atomic E-state index is 10.8. The highest BCUT2D eigenvalue weighted by Gasteiger charge is 2.19. The van der Waals surface area contributed by atoms with Crippen LogP contribution >= 0.6 is 0 Å². The largest absolute Gasteiger partial charge is 0.508 e. The van der Waals surface area contributed by atoms with Gasteiger partial charge in [0, 0.05) is 12.1 Å². The van der Waals surface area contributed by atoms with E-state index in [-0.39, 0.29) is 11.4 Å². The molecule has 0 aromatic heterocycles. The molecule has 0 fully saturated rings. The highest BCUT2D eigenvalue weighted by atomic mass is 16.6. The lowest BCUT2D eigenvalue weighted by atomic mass is 10.0. The van der Waals surface area contributed by atoms with Gasteiger partial charge >= 0.3 is 0 Å². The first-order chi connectivity index (χ1) is 7.56. The number of benzene rings is 1. The molecule has 86 valence electrons.